The van der Waals surface area contributed by atoms with E-state index in [1.807, 2.05) is 24.4 Å². The fourth-order valence-electron chi connectivity index (χ4n) is 2.18. The van der Waals surface area contributed by atoms with Crippen LogP contribution >= 0.6 is 11.6 Å². The van der Waals surface area contributed by atoms with Crippen molar-refractivity contribution in [1.29, 1.82) is 0 Å². The van der Waals surface area contributed by atoms with Gasteiger partial charge in [0.05, 0.1) is 7.11 Å². The van der Waals surface area contributed by atoms with Gasteiger partial charge in [-0.1, -0.05) is 0 Å². The highest BCUT2D eigenvalue weighted by molar-refractivity contribution is 6.17. The zero-order valence-corrected chi connectivity index (χ0v) is 12.2. The molecule has 1 aromatic heterocycles. The first-order valence-electron chi connectivity index (χ1n) is 6.53. The van der Waals surface area contributed by atoms with Crippen molar-refractivity contribution < 1.29 is 4.74 Å². The van der Waals surface area contributed by atoms with Crippen LogP contribution in [-0.4, -0.2) is 31.1 Å². The van der Waals surface area contributed by atoms with Crippen LogP contribution in [0.5, 0.6) is 5.75 Å². The zero-order valence-electron chi connectivity index (χ0n) is 11.4. The second-order valence-electron chi connectivity index (χ2n) is 4.34. The van der Waals surface area contributed by atoms with Gasteiger partial charge in [0.2, 0.25) is 0 Å². The molecule has 3 nitrogen and oxygen atoms in total. The molecule has 4 heteroatoms. The largest absolute Gasteiger partial charge is 0.497 e. The smallest absolute Gasteiger partial charge is 0.136 e. The topological polar surface area (TPSA) is 25.4 Å². The van der Waals surface area contributed by atoms with E-state index in [2.05, 4.69) is 22.9 Å². The second kappa shape index (κ2) is 6.62. The SMILES string of the molecule is CCN(CCCCl)c1nccc2cc(OC)ccc12. The van der Waals surface area contributed by atoms with Crippen LogP contribution in [-0.2, 0) is 0 Å². The van der Waals surface area contributed by atoms with Crippen molar-refractivity contribution in [3.8, 4) is 5.75 Å². The molecule has 1 aromatic carbocycles. The number of anilines is 1. The van der Waals surface area contributed by atoms with Crippen LogP contribution in [0.1, 0.15) is 13.3 Å². The number of nitrogens with zero attached hydrogens (tertiary/aromatic N) is 2. The van der Waals surface area contributed by atoms with Crippen molar-refractivity contribution in [2.75, 3.05) is 31.0 Å². The highest BCUT2D eigenvalue weighted by atomic mass is 35.5. The van der Waals surface area contributed by atoms with Gasteiger partial charge < -0.3 is 9.64 Å². The molecule has 0 bridgehead atoms. The summed E-state index contributed by atoms with van der Waals surface area (Å²) >= 11 is 5.78. The highest BCUT2D eigenvalue weighted by Crippen LogP contribution is 2.27. The Kier molecular flexibility index (Phi) is 4.86. The first kappa shape index (κ1) is 13.9. The summed E-state index contributed by atoms with van der Waals surface area (Å²) in [5.74, 6) is 2.57. The average Bonchev–Trinajstić information content (AvgIpc) is 2.47. The molecule has 1 heterocycles. The van der Waals surface area contributed by atoms with Crippen LogP contribution in [0.15, 0.2) is 30.5 Å². The molecular weight excluding hydrogens is 260 g/mol. The number of rotatable bonds is 6. The van der Waals surface area contributed by atoms with Gasteiger partial charge in [-0.25, -0.2) is 4.98 Å². The van der Waals surface area contributed by atoms with Gasteiger partial charge >= 0.3 is 0 Å². The lowest BCUT2D eigenvalue weighted by Crippen LogP contribution is -2.25. The van der Waals surface area contributed by atoms with Crippen LogP contribution in [0.4, 0.5) is 5.82 Å². The molecule has 0 fully saturated rings. The Morgan fingerprint density at radius 3 is 2.84 bits per heavy atom. The maximum Gasteiger partial charge on any atom is 0.136 e. The van der Waals surface area contributed by atoms with Gasteiger partial charge in [0.15, 0.2) is 0 Å². The number of hydrogen-bond acceptors (Lipinski definition) is 3. The molecule has 0 spiro atoms. The van der Waals surface area contributed by atoms with E-state index < -0.39 is 0 Å². The third-order valence-corrected chi connectivity index (χ3v) is 3.46. The second-order valence-corrected chi connectivity index (χ2v) is 4.72. The van der Waals surface area contributed by atoms with Gasteiger partial charge in [-0.15, -0.1) is 11.6 Å². The Morgan fingerprint density at radius 2 is 2.16 bits per heavy atom. The number of methoxy groups -OCH3 is 1. The summed E-state index contributed by atoms with van der Waals surface area (Å²) in [6, 6.07) is 8.09. The molecule has 102 valence electrons. The summed E-state index contributed by atoms with van der Waals surface area (Å²) < 4.78 is 5.26. The molecule has 0 saturated heterocycles. The normalized spacial score (nSPS) is 10.7. The Bertz CT molecular complexity index is 545. The third kappa shape index (κ3) is 3.10. The quantitative estimate of drug-likeness (QED) is 0.754. The lowest BCUT2D eigenvalue weighted by molar-refractivity contribution is 0.415. The number of fused-ring (bicyclic) bond motifs is 1. The summed E-state index contributed by atoms with van der Waals surface area (Å²) in [5, 5.41) is 2.30. The van der Waals surface area contributed by atoms with Crippen molar-refractivity contribution in [3.05, 3.63) is 30.5 Å². The predicted molar refractivity (Wildman–Crippen MR) is 81.5 cm³/mol. The molecule has 0 N–H and O–H groups in total. The van der Waals surface area contributed by atoms with E-state index in [9.17, 15) is 0 Å². The first-order chi connectivity index (χ1) is 9.30. The molecule has 0 atom stereocenters. The number of halogens is 1. The Balaban J connectivity index is 2.41. The third-order valence-electron chi connectivity index (χ3n) is 3.19. The van der Waals surface area contributed by atoms with Crippen LogP contribution in [0.25, 0.3) is 10.8 Å². The van der Waals surface area contributed by atoms with Gasteiger partial charge in [-0.3, -0.25) is 0 Å². The number of alkyl halides is 1. The van der Waals surface area contributed by atoms with Gasteiger partial charge in [-0.2, -0.15) is 0 Å². The van der Waals surface area contributed by atoms with E-state index in [4.69, 9.17) is 16.3 Å². The maximum absolute atomic E-state index is 5.78. The van der Waals surface area contributed by atoms with Crippen molar-refractivity contribution in [1.82, 2.24) is 4.98 Å². The van der Waals surface area contributed by atoms with Gasteiger partial charge in [0, 0.05) is 30.6 Å². The van der Waals surface area contributed by atoms with Crippen molar-refractivity contribution in [3.63, 3.8) is 0 Å². The molecule has 0 aliphatic heterocycles. The molecule has 0 saturated carbocycles. The predicted octanol–water partition coefficient (Wildman–Crippen LogP) is 3.70. The molecule has 0 aliphatic carbocycles. The minimum atomic E-state index is 0.676. The molecule has 2 rings (SSSR count). The summed E-state index contributed by atoms with van der Waals surface area (Å²) in [7, 11) is 1.68. The lowest BCUT2D eigenvalue weighted by atomic mass is 10.1. The average molecular weight is 279 g/mol. The van der Waals surface area contributed by atoms with Gasteiger partial charge in [0.1, 0.15) is 11.6 Å². The molecule has 0 unspecified atom stereocenters. The Hall–Kier alpha value is -1.48. The molecule has 0 amide bonds. The minimum Gasteiger partial charge on any atom is -0.497 e. The van der Waals surface area contributed by atoms with E-state index >= 15 is 0 Å². The summed E-state index contributed by atoms with van der Waals surface area (Å²) in [6.45, 7) is 3.99. The Morgan fingerprint density at radius 1 is 1.32 bits per heavy atom. The maximum atomic E-state index is 5.78. The minimum absolute atomic E-state index is 0.676. The van der Waals surface area contributed by atoms with Crippen LogP contribution < -0.4 is 9.64 Å². The fraction of sp³-hybridized carbons (Fsp3) is 0.400. The van der Waals surface area contributed by atoms with Crippen LogP contribution in [0.3, 0.4) is 0 Å². The first-order valence-corrected chi connectivity index (χ1v) is 7.07. The van der Waals surface area contributed by atoms with Gasteiger partial charge in [-0.05, 0) is 43.0 Å². The van der Waals surface area contributed by atoms with Crippen LogP contribution in [0, 0.1) is 0 Å². The van der Waals surface area contributed by atoms with E-state index in [0.29, 0.717) is 5.88 Å². The van der Waals surface area contributed by atoms with Crippen molar-refractivity contribution >= 4 is 28.2 Å². The number of benzene rings is 1. The van der Waals surface area contributed by atoms with Gasteiger partial charge in [0.25, 0.3) is 0 Å². The number of hydrogen-bond donors (Lipinski definition) is 0. The fourth-order valence-corrected chi connectivity index (χ4v) is 2.30. The highest BCUT2D eigenvalue weighted by Gasteiger charge is 2.10. The molecule has 0 aliphatic rings. The van der Waals surface area contributed by atoms with E-state index in [-0.39, 0.29) is 0 Å². The molecule has 2 aromatic rings. The van der Waals surface area contributed by atoms with E-state index in [1.54, 1.807) is 7.11 Å². The monoisotopic (exact) mass is 278 g/mol. The summed E-state index contributed by atoms with van der Waals surface area (Å²) in [5.41, 5.74) is 0. The zero-order chi connectivity index (χ0) is 13.7. The summed E-state index contributed by atoms with van der Waals surface area (Å²) in [6.07, 6.45) is 2.81. The van der Waals surface area contributed by atoms with Crippen molar-refractivity contribution in [2.24, 2.45) is 0 Å². The number of ether oxygens (including phenoxy) is 1. The molecular formula is C15H19ClN2O. The molecule has 0 radical (unpaired) electrons. The lowest BCUT2D eigenvalue weighted by Gasteiger charge is -2.23. The Labute approximate surface area is 119 Å². The summed E-state index contributed by atoms with van der Waals surface area (Å²) in [4.78, 5) is 6.79. The van der Waals surface area contributed by atoms with Crippen LogP contribution in [0.2, 0.25) is 0 Å². The number of aromatic nitrogens is 1. The van der Waals surface area contributed by atoms with E-state index in [0.717, 1.165) is 41.9 Å². The van der Waals surface area contributed by atoms with Crippen molar-refractivity contribution in [2.45, 2.75) is 13.3 Å². The van der Waals surface area contributed by atoms with E-state index in [1.165, 1.54) is 0 Å². The number of pyridine rings is 1. The molecule has 19 heavy (non-hydrogen) atoms. The standard InChI is InChI=1S/C15H19ClN2O/c1-3-18(10-4-8-16)15-14-6-5-13(19-2)11-12(14)7-9-17-15/h5-7,9,11H,3-4,8,10H2,1-2H3.